The van der Waals surface area contributed by atoms with Gasteiger partial charge in [-0.1, -0.05) is 102 Å². The fraction of sp³-hybridized carbons (Fsp3) is 0.0909. The Morgan fingerprint density at radius 3 is 1.42 bits per heavy atom. The smallest absolute Gasteiger partial charge is 0.219 e. The summed E-state index contributed by atoms with van der Waals surface area (Å²) in [4.78, 5) is 24.8. The molecule has 0 atom stereocenters. The summed E-state index contributed by atoms with van der Waals surface area (Å²) in [5, 5.41) is -0.0341. The van der Waals surface area contributed by atoms with E-state index in [1.54, 1.807) is 24.3 Å². The second kappa shape index (κ2) is 9.41. The Kier molecular flexibility index (Phi) is 6.69. The van der Waals surface area contributed by atoms with Gasteiger partial charge in [-0.3, -0.25) is 9.59 Å². The Morgan fingerprint density at radius 2 is 1.00 bits per heavy atom. The van der Waals surface area contributed by atoms with Crippen LogP contribution in [-0.4, -0.2) is 10.2 Å². The second-order valence-corrected chi connectivity index (χ2v) is 7.60. The number of hydrogen-bond acceptors (Lipinski definition) is 4. The minimum absolute atomic E-state index is 0.0171. The molecular formula is C22H18O2S2. The van der Waals surface area contributed by atoms with Crippen molar-refractivity contribution in [3.8, 4) is 0 Å². The van der Waals surface area contributed by atoms with Crippen molar-refractivity contribution in [2.45, 2.75) is 11.5 Å². The molecule has 0 spiro atoms. The molecule has 2 nitrogen and oxygen atoms in total. The fourth-order valence-electron chi connectivity index (χ4n) is 2.39. The molecule has 0 N–H and O–H groups in total. The van der Waals surface area contributed by atoms with Gasteiger partial charge in [-0.15, -0.1) is 0 Å². The van der Waals surface area contributed by atoms with Gasteiger partial charge in [-0.2, -0.15) is 0 Å². The van der Waals surface area contributed by atoms with E-state index in [0.717, 1.165) is 11.1 Å². The van der Waals surface area contributed by atoms with Crippen molar-refractivity contribution < 1.29 is 9.59 Å². The van der Waals surface area contributed by atoms with Crippen molar-refractivity contribution in [1.29, 1.82) is 0 Å². The minimum Gasteiger partial charge on any atom is -0.282 e. The van der Waals surface area contributed by atoms with Crippen molar-refractivity contribution in [2.75, 3.05) is 0 Å². The van der Waals surface area contributed by atoms with Gasteiger partial charge in [0.05, 0.1) is 0 Å². The topological polar surface area (TPSA) is 34.1 Å². The van der Waals surface area contributed by atoms with Gasteiger partial charge in [0.2, 0.25) is 10.2 Å². The van der Waals surface area contributed by atoms with Crippen LogP contribution in [0.25, 0.3) is 0 Å². The van der Waals surface area contributed by atoms with Gasteiger partial charge >= 0.3 is 0 Å². The van der Waals surface area contributed by atoms with Crippen molar-refractivity contribution in [3.05, 3.63) is 107 Å². The summed E-state index contributed by atoms with van der Waals surface area (Å²) in [6, 6.07) is 26.8. The highest BCUT2D eigenvalue weighted by Gasteiger charge is 2.12. The lowest BCUT2D eigenvalue weighted by molar-refractivity contribution is 0.108. The Morgan fingerprint density at radius 1 is 0.577 bits per heavy atom. The number of thioether (sulfide) groups is 2. The number of benzene rings is 3. The maximum Gasteiger partial charge on any atom is 0.219 e. The van der Waals surface area contributed by atoms with E-state index in [2.05, 4.69) is 0 Å². The molecule has 0 aliphatic rings. The first kappa shape index (κ1) is 18.5. The number of rotatable bonds is 6. The highest BCUT2D eigenvalue weighted by atomic mass is 32.2. The molecule has 0 aliphatic heterocycles. The normalized spacial score (nSPS) is 10.5. The molecule has 0 heterocycles. The first-order valence-electron chi connectivity index (χ1n) is 8.24. The zero-order chi connectivity index (χ0) is 18.2. The summed E-state index contributed by atoms with van der Waals surface area (Å²) >= 11 is 2.51. The van der Waals surface area contributed by atoms with E-state index in [1.807, 2.05) is 60.7 Å². The van der Waals surface area contributed by atoms with Gasteiger partial charge in [0.25, 0.3) is 0 Å². The van der Waals surface area contributed by atoms with Crippen LogP contribution >= 0.6 is 23.5 Å². The van der Waals surface area contributed by atoms with Crippen molar-refractivity contribution in [3.63, 3.8) is 0 Å². The van der Waals surface area contributed by atoms with E-state index in [4.69, 9.17) is 0 Å². The van der Waals surface area contributed by atoms with Gasteiger partial charge in [0.1, 0.15) is 0 Å². The van der Waals surface area contributed by atoms with Crippen LogP contribution in [0.15, 0.2) is 84.9 Å². The summed E-state index contributed by atoms with van der Waals surface area (Å²) in [7, 11) is 0. The molecule has 0 amide bonds. The van der Waals surface area contributed by atoms with Crippen LogP contribution in [0, 0.1) is 0 Å². The predicted molar refractivity (Wildman–Crippen MR) is 111 cm³/mol. The molecule has 0 fully saturated rings. The average Bonchev–Trinajstić information content (AvgIpc) is 2.72. The Balaban J connectivity index is 1.60. The molecule has 3 rings (SSSR count). The molecule has 0 unspecified atom stereocenters. The van der Waals surface area contributed by atoms with E-state index in [0.29, 0.717) is 22.6 Å². The maximum absolute atomic E-state index is 12.4. The molecule has 4 heteroatoms. The second-order valence-electron chi connectivity index (χ2n) is 5.70. The molecule has 0 saturated heterocycles. The summed E-state index contributed by atoms with van der Waals surface area (Å²) in [6.07, 6.45) is 0. The highest BCUT2D eigenvalue weighted by molar-refractivity contribution is 8.13. The average molecular weight is 379 g/mol. The third-order valence-electron chi connectivity index (χ3n) is 3.76. The highest BCUT2D eigenvalue weighted by Crippen LogP contribution is 2.22. The number of hydrogen-bond donors (Lipinski definition) is 0. The molecule has 3 aromatic carbocycles. The number of carbonyl (C=O) groups is 2. The zero-order valence-corrected chi connectivity index (χ0v) is 15.8. The van der Waals surface area contributed by atoms with Crippen LogP contribution in [0.4, 0.5) is 0 Å². The molecule has 26 heavy (non-hydrogen) atoms. The molecule has 0 radical (unpaired) electrons. The van der Waals surface area contributed by atoms with Gasteiger partial charge in [0, 0.05) is 22.6 Å². The van der Waals surface area contributed by atoms with Gasteiger partial charge in [-0.25, -0.2) is 0 Å². The third-order valence-corrected chi connectivity index (χ3v) is 5.71. The first-order chi connectivity index (χ1) is 12.7. The molecule has 0 bridgehead atoms. The van der Waals surface area contributed by atoms with Gasteiger partial charge < -0.3 is 0 Å². The van der Waals surface area contributed by atoms with E-state index >= 15 is 0 Å². The minimum atomic E-state index is -0.0171. The summed E-state index contributed by atoms with van der Waals surface area (Å²) in [5.41, 5.74) is 3.35. The van der Waals surface area contributed by atoms with E-state index in [-0.39, 0.29) is 10.2 Å². The molecule has 3 aromatic rings. The van der Waals surface area contributed by atoms with Crippen LogP contribution < -0.4 is 0 Å². The maximum atomic E-state index is 12.4. The van der Waals surface area contributed by atoms with Gasteiger partial charge in [0.15, 0.2) is 0 Å². The summed E-state index contributed by atoms with van der Waals surface area (Å²) in [5.74, 6) is 1.25. The molecule has 0 aromatic heterocycles. The van der Waals surface area contributed by atoms with Crippen LogP contribution in [-0.2, 0) is 11.5 Å². The fourth-order valence-corrected chi connectivity index (χ4v) is 3.95. The van der Waals surface area contributed by atoms with Crippen LogP contribution in [0.5, 0.6) is 0 Å². The Labute approximate surface area is 162 Å². The molecule has 0 aliphatic carbocycles. The Bertz CT molecular complexity index is 806. The van der Waals surface area contributed by atoms with Crippen LogP contribution in [0.3, 0.4) is 0 Å². The molecule has 130 valence electrons. The molecular weight excluding hydrogens is 360 g/mol. The third kappa shape index (κ3) is 5.35. The van der Waals surface area contributed by atoms with E-state index < -0.39 is 0 Å². The predicted octanol–water partition coefficient (Wildman–Crippen LogP) is 5.83. The number of carbonyl (C=O) groups excluding carboxylic acids is 2. The van der Waals surface area contributed by atoms with E-state index in [9.17, 15) is 9.59 Å². The summed E-state index contributed by atoms with van der Waals surface area (Å²) < 4.78 is 0. The van der Waals surface area contributed by atoms with Crippen molar-refractivity contribution in [2.24, 2.45) is 0 Å². The van der Waals surface area contributed by atoms with Gasteiger partial charge in [-0.05, 0) is 17.2 Å². The van der Waals surface area contributed by atoms with Crippen LogP contribution in [0.1, 0.15) is 31.8 Å². The lowest BCUT2D eigenvalue weighted by Crippen LogP contribution is -1.99. The molecule has 0 saturated carbocycles. The Hall–Kier alpha value is -2.30. The summed E-state index contributed by atoms with van der Waals surface area (Å²) in [6.45, 7) is 0. The van der Waals surface area contributed by atoms with E-state index in [1.165, 1.54) is 23.5 Å². The zero-order valence-electron chi connectivity index (χ0n) is 14.1. The van der Waals surface area contributed by atoms with Crippen molar-refractivity contribution in [1.82, 2.24) is 0 Å². The lowest BCUT2D eigenvalue weighted by atomic mass is 10.1. The monoisotopic (exact) mass is 378 g/mol. The van der Waals surface area contributed by atoms with Crippen LogP contribution in [0.2, 0.25) is 0 Å². The quantitative estimate of drug-likeness (QED) is 0.540. The standard InChI is InChI=1S/C22H18O2S2/c23-21(25-15-17-8-3-1-4-9-17)19-12-7-13-20(14-19)22(24)26-16-18-10-5-2-6-11-18/h1-14H,15-16H2. The first-order valence-corrected chi connectivity index (χ1v) is 10.2. The lowest BCUT2D eigenvalue weighted by Gasteiger charge is -2.05. The largest absolute Gasteiger partial charge is 0.282 e. The van der Waals surface area contributed by atoms with Crippen molar-refractivity contribution >= 4 is 33.8 Å². The SMILES string of the molecule is O=C(SCc1ccccc1)c1cccc(C(=O)SCc2ccccc2)c1.